The highest BCUT2D eigenvalue weighted by atomic mass is 15.2. The summed E-state index contributed by atoms with van der Waals surface area (Å²) in [7, 11) is 2.09. The molecule has 0 spiro atoms. The SMILES string of the molecule is CN(CC1CCC1)c1cc(NCC(C)(C)N)ncn1. The topological polar surface area (TPSA) is 67.1 Å². The molecule has 2 rings (SSSR count). The van der Waals surface area contributed by atoms with Gasteiger partial charge in [-0.15, -0.1) is 0 Å². The maximum Gasteiger partial charge on any atom is 0.133 e. The van der Waals surface area contributed by atoms with Crippen molar-refractivity contribution >= 4 is 11.6 Å². The van der Waals surface area contributed by atoms with Gasteiger partial charge in [0.1, 0.15) is 18.0 Å². The smallest absolute Gasteiger partial charge is 0.133 e. The number of aromatic nitrogens is 2. The Morgan fingerprint density at radius 1 is 1.42 bits per heavy atom. The molecule has 1 aromatic heterocycles. The number of nitrogens with one attached hydrogen (secondary N) is 1. The maximum atomic E-state index is 5.96. The van der Waals surface area contributed by atoms with Gasteiger partial charge < -0.3 is 16.0 Å². The second-order valence-electron chi connectivity index (χ2n) is 6.28. The lowest BCUT2D eigenvalue weighted by Crippen LogP contribution is -2.39. The molecule has 1 aromatic rings. The third-order valence-electron chi connectivity index (χ3n) is 3.53. The van der Waals surface area contributed by atoms with Crippen molar-refractivity contribution in [2.24, 2.45) is 11.7 Å². The molecule has 1 fully saturated rings. The molecule has 0 unspecified atom stereocenters. The third-order valence-corrected chi connectivity index (χ3v) is 3.53. The zero-order valence-electron chi connectivity index (χ0n) is 12.2. The lowest BCUT2D eigenvalue weighted by molar-refractivity contribution is 0.321. The van der Waals surface area contributed by atoms with Gasteiger partial charge in [0.05, 0.1) is 0 Å². The van der Waals surface area contributed by atoms with Crippen molar-refractivity contribution in [2.45, 2.75) is 38.6 Å². The molecule has 1 aliphatic carbocycles. The van der Waals surface area contributed by atoms with Gasteiger partial charge >= 0.3 is 0 Å². The summed E-state index contributed by atoms with van der Waals surface area (Å²) in [6, 6.07) is 1.99. The van der Waals surface area contributed by atoms with Gasteiger partial charge in [-0.25, -0.2) is 9.97 Å². The van der Waals surface area contributed by atoms with Gasteiger partial charge in [-0.05, 0) is 32.6 Å². The second-order valence-corrected chi connectivity index (χ2v) is 6.28. The molecule has 0 atom stereocenters. The fourth-order valence-corrected chi connectivity index (χ4v) is 2.13. The highest BCUT2D eigenvalue weighted by molar-refractivity contribution is 5.48. The van der Waals surface area contributed by atoms with Crippen molar-refractivity contribution in [1.82, 2.24) is 9.97 Å². The number of nitrogens with zero attached hydrogens (tertiary/aromatic N) is 3. The van der Waals surface area contributed by atoms with E-state index in [4.69, 9.17) is 5.73 Å². The summed E-state index contributed by atoms with van der Waals surface area (Å²) < 4.78 is 0. The zero-order valence-corrected chi connectivity index (χ0v) is 12.2. The highest BCUT2D eigenvalue weighted by Crippen LogP contribution is 2.28. The molecule has 1 heterocycles. The molecule has 19 heavy (non-hydrogen) atoms. The number of hydrogen-bond donors (Lipinski definition) is 2. The van der Waals surface area contributed by atoms with Crippen molar-refractivity contribution in [3.63, 3.8) is 0 Å². The van der Waals surface area contributed by atoms with E-state index >= 15 is 0 Å². The van der Waals surface area contributed by atoms with Crippen LogP contribution in [0.3, 0.4) is 0 Å². The van der Waals surface area contributed by atoms with Gasteiger partial charge in [-0.1, -0.05) is 6.42 Å². The molecule has 1 aliphatic rings. The standard InChI is InChI=1S/C14H25N5/c1-14(2,15)9-16-12-7-13(18-10-17-12)19(3)8-11-5-4-6-11/h7,10-11H,4-6,8-9,15H2,1-3H3,(H,16,17,18). The van der Waals surface area contributed by atoms with Gasteiger partial charge in [0.15, 0.2) is 0 Å². The van der Waals surface area contributed by atoms with Crippen LogP contribution in [-0.2, 0) is 0 Å². The maximum absolute atomic E-state index is 5.96. The molecule has 5 nitrogen and oxygen atoms in total. The van der Waals surface area contributed by atoms with E-state index in [1.807, 2.05) is 19.9 Å². The summed E-state index contributed by atoms with van der Waals surface area (Å²) in [5.74, 6) is 2.64. The Hall–Kier alpha value is -1.36. The minimum Gasteiger partial charge on any atom is -0.368 e. The average Bonchev–Trinajstić information content (AvgIpc) is 2.30. The molecule has 106 valence electrons. The molecule has 3 N–H and O–H groups in total. The van der Waals surface area contributed by atoms with Gasteiger partial charge in [0, 0.05) is 31.7 Å². The van der Waals surface area contributed by atoms with E-state index in [1.54, 1.807) is 6.33 Å². The molecule has 5 heteroatoms. The Balaban J connectivity index is 1.93. The predicted molar refractivity (Wildman–Crippen MR) is 79.4 cm³/mol. The summed E-state index contributed by atoms with van der Waals surface area (Å²) in [6.07, 6.45) is 5.68. The van der Waals surface area contributed by atoms with Crippen LogP contribution in [0.5, 0.6) is 0 Å². The van der Waals surface area contributed by atoms with Crippen LogP contribution in [0.4, 0.5) is 11.6 Å². The van der Waals surface area contributed by atoms with Crippen LogP contribution in [0.15, 0.2) is 12.4 Å². The van der Waals surface area contributed by atoms with Crippen LogP contribution < -0.4 is 16.0 Å². The van der Waals surface area contributed by atoms with E-state index in [-0.39, 0.29) is 5.54 Å². The Morgan fingerprint density at radius 2 is 2.16 bits per heavy atom. The van der Waals surface area contributed by atoms with Gasteiger partial charge in [-0.2, -0.15) is 0 Å². The van der Waals surface area contributed by atoms with Crippen molar-refractivity contribution in [3.8, 4) is 0 Å². The summed E-state index contributed by atoms with van der Waals surface area (Å²) >= 11 is 0. The molecule has 1 saturated carbocycles. The average molecular weight is 263 g/mol. The van der Waals surface area contributed by atoms with Crippen molar-refractivity contribution in [2.75, 3.05) is 30.4 Å². The van der Waals surface area contributed by atoms with Crippen molar-refractivity contribution < 1.29 is 0 Å². The van der Waals surface area contributed by atoms with E-state index in [0.29, 0.717) is 6.54 Å². The molecular formula is C14H25N5. The molecule has 0 aliphatic heterocycles. The number of hydrogen-bond acceptors (Lipinski definition) is 5. The van der Waals surface area contributed by atoms with Gasteiger partial charge in [-0.3, -0.25) is 0 Å². The summed E-state index contributed by atoms with van der Waals surface area (Å²) in [4.78, 5) is 10.8. The molecule has 0 bridgehead atoms. The van der Waals surface area contributed by atoms with Crippen molar-refractivity contribution in [1.29, 1.82) is 0 Å². The van der Waals surface area contributed by atoms with Crippen LogP contribution in [0.2, 0.25) is 0 Å². The minimum absolute atomic E-state index is 0.247. The Kier molecular flexibility index (Phi) is 4.24. The quantitative estimate of drug-likeness (QED) is 0.820. The van der Waals surface area contributed by atoms with Crippen LogP contribution in [0, 0.1) is 5.92 Å². The first-order valence-corrected chi connectivity index (χ1v) is 7.00. The van der Waals surface area contributed by atoms with Crippen LogP contribution in [-0.4, -0.2) is 35.6 Å². The molecule has 0 radical (unpaired) electrons. The number of anilines is 2. The lowest BCUT2D eigenvalue weighted by atomic mass is 9.85. The molecular weight excluding hydrogens is 238 g/mol. The minimum atomic E-state index is -0.247. The van der Waals surface area contributed by atoms with E-state index in [2.05, 4.69) is 27.2 Å². The summed E-state index contributed by atoms with van der Waals surface area (Å²) in [6.45, 7) is 5.75. The fraction of sp³-hybridized carbons (Fsp3) is 0.714. The summed E-state index contributed by atoms with van der Waals surface area (Å²) in [5, 5.41) is 3.26. The first kappa shape index (κ1) is 14.1. The number of rotatable bonds is 6. The number of nitrogens with two attached hydrogens (primary N) is 1. The van der Waals surface area contributed by atoms with Gasteiger partial charge in [0.25, 0.3) is 0 Å². The van der Waals surface area contributed by atoms with Crippen LogP contribution in [0.1, 0.15) is 33.1 Å². The van der Waals surface area contributed by atoms with Crippen LogP contribution >= 0.6 is 0 Å². The Labute approximate surface area is 115 Å². The lowest BCUT2D eigenvalue weighted by Gasteiger charge is -2.30. The molecule has 0 amide bonds. The normalized spacial score (nSPS) is 16.0. The van der Waals surface area contributed by atoms with E-state index < -0.39 is 0 Å². The Bertz CT molecular complexity index is 409. The third kappa shape index (κ3) is 4.35. The van der Waals surface area contributed by atoms with Gasteiger partial charge in [0.2, 0.25) is 0 Å². The zero-order chi connectivity index (χ0) is 13.9. The van der Waals surface area contributed by atoms with E-state index in [9.17, 15) is 0 Å². The monoisotopic (exact) mass is 263 g/mol. The summed E-state index contributed by atoms with van der Waals surface area (Å²) in [5.41, 5.74) is 5.71. The van der Waals surface area contributed by atoms with E-state index in [1.165, 1.54) is 19.3 Å². The predicted octanol–water partition coefficient (Wildman–Crippen LogP) is 1.86. The molecule has 0 saturated heterocycles. The largest absolute Gasteiger partial charge is 0.368 e. The first-order valence-electron chi connectivity index (χ1n) is 7.00. The van der Waals surface area contributed by atoms with E-state index in [0.717, 1.165) is 24.1 Å². The molecule has 0 aromatic carbocycles. The van der Waals surface area contributed by atoms with Crippen molar-refractivity contribution in [3.05, 3.63) is 12.4 Å². The first-order chi connectivity index (χ1) is 8.94. The Morgan fingerprint density at radius 3 is 2.74 bits per heavy atom. The van der Waals surface area contributed by atoms with Crippen LogP contribution in [0.25, 0.3) is 0 Å². The highest BCUT2D eigenvalue weighted by Gasteiger charge is 2.20. The second kappa shape index (κ2) is 5.74. The fourth-order valence-electron chi connectivity index (χ4n) is 2.13.